The van der Waals surface area contributed by atoms with Gasteiger partial charge in [0.2, 0.25) is 0 Å². The van der Waals surface area contributed by atoms with Crippen molar-refractivity contribution in [3.63, 3.8) is 0 Å². The Hall–Kier alpha value is -3.92. The van der Waals surface area contributed by atoms with Crippen molar-refractivity contribution < 1.29 is 13.1 Å². The van der Waals surface area contributed by atoms with Crippen LogP contribution in [0.1, 0.15) is 11.4 Å². The molecule has 0 aliphatic heterocycles. The number of hydrogen-bond donors (Lipinski definition) is 0. The van der Waals surface area contributed by atoms with Crippen LogP contribution in [0.2, 0.25) is 0 Å². The summed E-state index contributed by atoms with van der Waals surface area (Å²) in [6.45, 7) is 0. The molecule has 0 atom stereocenters. The Bertz CT molecular complexity index is 1820. The Kier molecular flexibility index (Phi) is 8.18. The second kappa shape index (κ2) is 12.3. The predicted molar refractivity (Wildman–Crippen MR) is 175 cm³/mol. The molecule has 0 spiro atoms. The molecule has 0 saturated carbocycles. The molecule has 6 aromatic carbocycles. The van der Waals surface area contributed by atoms with Crippen molar-refractivity contribution in [3.8, 4) is 0 Å². The van der Waals surface area contributed by atoms with Crippen LogP contribution in [-0.2, 0) is 20.2 Å². The fraction of sp³-hybridized carbons (Fsp3) is 0.0286. The van der Waals surface area contributed by atoms with E-state index in [4.69, 9.17) is 30.2 Å². The summed E-state index contributed by atoms with van der Waals surface area (Å²) in [5.41, 5.74) is 4.03. The van der Waals surface area contributed by atoms with Crippen molar-refractivity contribution in [3.05, 3.63) is 133 Å². The van der Waals surface area contributed by atoms with Crippen LogP contribution in [0.4, 0.5) is 11.4 Å². The molecule has 202 valence electrons. The van der Waals surface area contributed by atoms with Gasteiger partial charge in [-0.1, -0.05) is 97.1 Å². The molecule has 6 heteroatoms. The third-order valence-electron chi connectivity index (χ3n) is 7.34. The maximum atomic E-state index is 5.02. The molecule has 0 aliphatic carbocycles. The molecule has 0 unspecified atom stereocenters. The van der Waals surface area contributed by atoms with Gasteiger partial charge in [-0.25, -0.2) is 0 Å². The number of fused-ring (bicyclic) bond motifs is 4. The summed E-state index contributed by atoms with van der Waals surface area (Å²) in [6.07, 6.45) is 3.91. The first-order valence-corrected chi connectivity index (χ1v) is 16.1. The molecule has 1 aromatic heterocycles. The molecule has 0 fully saturated rings. The van der Waals surface area contributed by atoms with Gasteiger partial charge >= 0.3 is 33.3 Å². The van der Waals surface area contributed by atoms with Crippen LogP contribution in [0.15, 0.2) is 131 Å². The average Bonchev–Trinajstić information content (AvgIpc) is 3.36. The Balaban J connectivity index is 0.000000967. The van der Waals surface area contributed by atoms with E-state index < -0.39 is 0 Å². The van der Waals surface area contributed by atoms with E-state index in [1.54, 1.807) is 0 Å². The zero-order valence-electron chi connectivity index (χ0n) is 22.2. The van der Waals surface area contributed by atoms with E-state index >= 15 is 0 Å². The van der Waals surface area contributed by atoms with Crippen molar-refractivity contribution in [2.75, 3.05) is 0 Å². The van der Waals surface area contributed by atoms with E-state index in [1.807, 2.05) is 12.4 Å². The van der Waals surface area contributed by atoms with Crippen LogP contribution in [0, 0.1) is 0 Å². The van der Waals surface area contributed by atoms with Crippen molar-refractivity contribution in [2.24, 2.45) is 17.0 Å². The number of aromatic nitrogens is 1. The van der Waals surface area contributed by atoms with E-state index in [1.165, 1.54) is 21.5 Å². The van der Waals surface area contributed by atoms with Gasteiger partial charge in [0.1, 0.15) is 0 Å². The van der Waals surface area contributed by atoms with Crippen LogP contribution in [0.5, 0.6) is 0 Å². The van der Waals surface area contributed by atoms with E-state index in [9.17, 15) is 0 Å². The van der Waals surface area contributed by atoms with Crippen LogP contribution in [-0.4, -0.2) is 17.0 Å². The van der Waals surface area contributed by atoms with Gasteiger partial charge in [0.15, 0.2) is 0 Å². The van der Waals surface area contributed by atoms with Crippen molar-refractivity contribution >= 4 is 87.1 Å². The summed E-state index contributed by atoms with van der Waals surface area (Å²) in [7, 11) is 11.6. The quantitative estimate of drug-likeness (QED) is 0.107. The Morgan fingerprint density at radius 2 is 0.805 bits per heavy atom. The van der Waals surface area contributed by atoms with Crippen molar-refractivity contribution in [1.82, 2.24) is 4.57 Å². The van der Waals surface area contributed by atoms with Gasteiger partial charge in [0.05, 0.1) is 35.2 Å². The summed E-state index contributed by atoms with van der Waals surface area (Å²) < 4.78 is 2.13. The molecular weight excluding hydrogens is 589 g/mol. The van der Waals surface area contributed by atoms with E-state index in [0.717, 1.165) is 44.3 Å². The van der Waals surface area contributed by atoms with Crippen molar-refractivity contribution in [2.45, 2.75) is 0 Å². The SMILES string of the molecule is Cn1c(C=Nc2c3ccccc3cc3ccccc23)ccc1C=Nc1c2ccccc2cc2ccccc12.[Cl][Fe][Cl]. The van der Waals surface area contributed by atoms with E-state index in [0.29, 0.717) is 0 Å². The van der Waals surface area contributed by atoms with E-state index in [-0.39, 0.29) is 13.1 Å². The summed E-state index contributed by atoms with van der Waals surface area (Å²) in [5, 5.41) is 9.39. The van der Waals surface area contributed by atoms with Gasteiger partial charge in [-0.3, -0.25) is 9.98 Å². The summed E-state index contributed by atoms with van der Waals surface area (Å²) in [5.74, 6) is 0. The summed E-state index contributed by atoms with van der Waals surface area (Å²) >= 11 is 0.194. The average molecular weight is 614 g/mol. The molecular formula is C35H25Cl2FeN3. The fourth-order valence-corrected chi connectivity index (χ4v) is 5.32. The number of nitrogens with zero attached hydrogens (tertiary/aromatic N) is 3. The molecule has 41 heavy (non-hydrogen) atoms. The number of halogens is 2. The fourth-order valence-electron chi connectivity index (χ4n) is 5.32. The first kappa shape index (κ1) is 27.3. The maximum absolute atomic E-state index is 5.02. The number of hydrogen-bond acceptors (Lipinski definition) is 2. The van der Waals surface area contributed by atoms with Gasteiger partial charge in [-0.05, 0) is 45.8 Å². The second-order valence-corrected chi connectivity index (χ2v) is 11.5. The van der Waals surface area contributed by atoms with Gasteiger partial charge < -0.3 is 4.57 Å². The van der Waals surface area contributed by atoms with Crippen LogP contribution in [0.3, 0.4) is 0 Å². The molecule has 7 aromatic rings. The summed E-state index contributed by atoms with van der Waals surface area (Å²) in [4.78, 5) is 10.0. The van der Waals surface area contributed by atoms with Gasteiger partial charge in [-0.2, -0.15) is 0 Å². The third kappa shape index (κ3) is 5.53. The Morgan fingerprint density at radius 1 is 0.512 bits per heavy atom. The Labute approximate surface area is 253 Å². The number of rotatable bonds is 4. The second-order valence-electron chi connectivity index (χ2n) is 9.64. The molecule has 0 radical (unpaired) electrons. The van der Waals surface area contributed by atoms with Crippen LogP contribution < -0.4 is 0 Å². The predicted octanol–water partition coefficient (Wildman–Crippen LogP) is 10.5. The number of aliphatic imine (C=N–C) groups is 2. The Morgan fingerprint density at radius 3 is 1.12 bits per heavy atom. The molecule has 3 nitrogen and oxygen atoms in total. The normalized spacial score (nSPS) is 11.8. The van der Waals surface area contributed by atoms with E-state index in [2.05, 4.69) is 133 Å². The topological polar surface area (TPSA) is 29.6 Å². The molecule has 0 N–H and O–H groups in total. The van der Waals surface area contributed by atoms with Gasteiger partial charge in [0.25, 0.3) is 0 Å². The molecule has 1 heterocycles. The molecule has 0 saturated heterocycles. The zero-order valence-corrected chi connectivity index (χ0v) is 24.8. The van der Waals surface area contributed by atoms with Crippen LogP contribution >= 0.6 is 20.2 Å². The molecule has 0 amide bonds. The van der Waals surface area contributed by atoms with Crippen LogP contribution in [0.25, 0.3) is 43.1 Å². The standard InChI is InChI=1S/C35H25N3.2ClH.Fe/c1-38-28(22-36-34-30-14-6-2-10-24(30)20-25-11-3-7-15-31(25)34)18-19-29(38)23-37-35-32-16-8-4-12-26(32)21-27-13-5-9-17-33(27)35;;;/h2-23H,1H3;2*1H;/q;;;+2/p-2. The molecule has 7 rings (SSSR count). The molecule has 0 bridgehead atoms. The zero-order chi connectivity index (χ0) is 28.2. The third-order valence-corrected chi connectivity index (χ3v) is 7.34. The first-order chi connectivity index (χ1) is 20.2. The number of benzene rings is 6. The molecule has 0 aliphatic rings. The monoisotopic (exact) mass is 613 g/mol. The summed E-state index contributed by atoms with van der Waals surface area (Å²) in [6, 6.07) is 42.4. The van der Waals surface area contributed by atoms with Crippen molar-refractivity contribution in [1.29, 1.82) is 0 Å². The van der Waals surface area contributed by atoms with Gasteiger partial charge in [0, 0.05) is 28.6 Å². The first-order valence-electron chi connectivity index (χ1n) is 13.1. The minimum absolute atomic E-state index is 0.194. The van der Waals surface area contributed by atoms with Gasteiger partial charge in [-0.15, -0.1) is 0 Å². The minimum atomic E-state index is 0.194.